The number of H-pyrrole nitrogens is 1. The molecule has 1 aromatic carbocycles. The molecule has 0 saturated carbocycles. The molecule has 0 saturated heterocycles. The Bertz CT molecular complexity index is 874. The van der Waals surface area contributed by atoms with Crippen LogP contribution in [0.25, 0.3) is 16.9 Å². The Balaban J connectivity index is 2.38. The van der Waals surface area contributed by atoms with E-state index in [0.29, 0.717) is 27.6 Å². The smallest absolute Gasteiger partial charge is 0.242 e. The van der Waals surface area contributed by atoms with E-state index < -0.39 is 0 Å². The van der Waals surface area contributed by atoms with E-state index in [1.807, 2.05) is 18.2 Å². The second-order valence-corrected chi connectivity index (χ2v) is 5.47. The van der Waals surface area contributed by atoms with Crippen LogP contribution >= 0.6 is 28.1 Å². The van der Waals surface area contributed by atoms with E-state index in [2.05, 4.69) is 30.9 Å². The van der Waals surface area contributed by atoms with Crippen LogP contribution in [0.3, 0.4) is 0 Å². The molecule has 21 heavy (non-hydrogen) atoms. The molecule has 0 unspecified atom stereocenters. The molecule has 3 rings (SSSR count). The zero-order valence-electron chi connectivity index (χ0n) is 11.3. The topological polar surface area (TPSA) is 65.0 Å². The van der Waals surface area contributed by atoms with Crippen molar-refractivity contribution in [3.05, 3.63) is 33.8 Å². The lowest BCUT2D eigenvalue weighted by atomic mass is 10.3. The Hall–Kier alpha value is -1.93. The van der Waals surface area contributed by atoms with Gasteiger partial charge in [0.05, 0.1) is 19.9 Å². The SMILES string of the molecule is COc1ccc(Br)cc1-n1c(=S)[nH]c2c(OC)ncnc21. The molecule has 0 fully saturated rings. The minimum absolute atomic E-state index is 0.443. The number of benzene rings is 1. The van der Waals surface area contributed by atoms with Gasteiger partial charge in [-0.1, -0.05) is 15.9 Å². The highest BCUT2D eigenvalue weighted by molar-refractivity contribution is 9.10. The van der Waals surface area contributed by atoms with Crippen LogP contribution in [0.15, 0.2) is 29.0 Å². The standard InChI is InChI=1S/C13H11BrN4O2S/c1-19-9-4-3-7(14)5-8(9)18-11-10(17-13(18)21)12(20-2)16-6-15-11/h3-6H,1-2H3,(H,17,21). The van der Waals surface area contributed by atoms with Crippen molar-refractivity contribution in [1.82, 2.24) is 19.5 Å². The molecule has 0 aliphatic heterocycles. The van der Waals surface area contributed by atoms with Crippen molar-refractivity contribution in [3.8, 4) is 17.3 Å². The number of aromatic amines is 1. The summed E-state index contributed by atoms with van der Waals surface area (Å²) in [5, 5.41) is 0. The number of ether oxygens (including phenoxy) is 2. The molecule has 0 bridgehead atoms. The molecule has 0 radical (unpaired) electrons. The van der Waals surface area contributed by atoms with Crippen LogP contribution in [0, 0.1) is 4.77 Å². The van der Waals surface area contributed by atoms with Crippen LogP contribution in [0.5, 0.6) is 11.6 Å². The van der Waals surface area contributed by atoms with Gasteiger partial charge in [0.25, 0.3) is 0 Å². The van der Waals surface area contributed by atoms with Gasteiger partial charge in [-0.25, -0.2) is 4.98 Å². The van der Waals surface area contributed by atoms with Crippen molar-refractivity contribution in [2.24, 2.45) is 0 Å². The van der Waals surface area contributed by atoms with E-state index in [0.717, 1.165) is 10.2 Å². The van der Waals surface area contributed by atoms with Crippen LogP contribution in [0.1, 0.15) is 0 Å². The van der Waals surface area contributed by atoms with Gasteiger partial charge in [-0.2, -0.15) is 4.98 Å². The molecule has 0 spiro atoms. The van der Waals surface area contributed by atoms with E-state index in [4.69, 9.17) is 21.7 Å². The summed E-state index contributed by atoms with van der Waals surface area (Å²) in [7, 11) is 3.16. The molecule has 2 aromatic heterocycles. The van der Waals surface area contributed by atoms with Crippen molar-refractivity contribution in [1.29, 1.82) is 0 Å². The molecule has 108 valence electrons. The van der Waals surface area contributed by atoms with Gasteiger partial charge in [0.1, 0.15) is 17.6 Å². The lowest BCUT2D eigenvalue weighted by Crippen LogP contribution is -2.00. The highest BCUT2D eigenvalue weighted by Crippen LogP contribution is 2.30. The molecule has 1 N–H and O–H groups in total. The Morgan fingerprint density at radius 2 is 2.05 bits per heavy atom. The van der Waals surface area contributed by atoms with Crippen molar-refractivity contribution in [2.45, 2.75) is 0 Å². The number of halogens is 1. The first-order valence-corrected chi connectivity index (χ1v) is 7.19. The molecule has 2 heterocycles. The van der Waals surface area contributed by atoms with Gasteiger partial charge in [-0.15, -0.1) is 0 Å². The summed E-state index contributed by atoms with van der Waals surface area (Å²) in [4.78, 5) is 11.4. The first-order chi connectivity index (χ1) is 10.2. The van der Waals surface area contributed by atoms with Crippen LogP contribution < -0.4 is 9.47 Å². The molecule has 3 aromatic rings. The van der Waals surface area contributed by atoms with Gasteiger partial charge in [0.2, 0.25) is 5.88 Å². The third-order valence-electron chi connectivity index (χ3n) is 3.01. The summed E-state index contributed by atoms with van der Waals surface area (Å²) in [6.07, 6.45) is 1.44. The molecule has 0 amide bonds. The summed E-state index contributed by atoms with van der Waals surface area (Å²) in [5.41, 5.74) is 2.05. The zero-order chi connectivity index (χ0) is 15.0. The lowest BCUT2D eigenvalue weighted by Gasteiger charge is -2.10. The normalized spacial score (nSPS) is 10.8. The fraction of sp³-hybridized carbons (Fsp3) is 0.154. The number of hydrogen-bond acceptors (Lipinski definition) is 5. The number of imidazole rings is 1. The number of nitrogens with zero attached hydrogens (tertiary/aromatic N) is 3. The highest BCUT2D eigenvalue weighted by Gasteiger charge is 2.15. The van der Waals surface area contributed by atoms with Crippen LogP contribution in [0.4, 0.5) is 0 Å². The van der Waals surface area contributed by atoms with Gasteiger partial charge in [-0.05, 0) is 30.4 Å². The number of nitrogens with one attached hydrogen (secondary N) is 1. The number of rotatable bonds is 3. The van der Waals surface area contributed by atoms with Crippen LogP contribution in [0.2, 0.25) is 0 Å². The van der Waals surface area contributed by atoms with Crippen molar-refractivity contribution < 1.29 is 9.47 Å². The fourth-order valence-corrected chi connectivity index (χ4v) is 2.75. The first kappa shape index (κ1) is 14.0. The van der Waals surface area contributed by atoms with Gasteiger partial charge < -0.3 is 14.5 Å². The van der Waals surface area contributed by atoms with Gasteiger partial charge in [-0.3, -0.25) is 4.57 Å². The molecular formula is C13H11BrN4O2S. The minimum atomic E-state index is 0.443. The monoisotopic (exact) mass is 366 g/mol. The van der Waals surface area contributed by atoms with E-state index in [1.165, 1.54) is 6.33 Å². The average molecular weight is 367 g/mol. The maximum atomic E-state index is 5.41. The maximum absolute atomic E-state index is 5.41. The molecular weight excluding hydrogens is 356 g/mol. The quantitative estimate of drug-likeness (QED) is 0.720. The Kier molecular flexibility index (Phi) is 3.64. The zero-order valence-corrected chi connectivity index (χ0v) is 13.7. The number of fused-ring (bicyclic) bond motifs is 1. The summed E-state index contributed by atoms with van der Waals surface area (Å²) >= 11 is 8.86. The van der Waals surface area contributed by atoms with Gasteiger partial charge >= 0.3 is 0 Å². The van der Waals surface area contributed by atoms with E-state index >= 15 is 0 Å². The lowest BCUT2D eigenvalue weighted by molar-refractivity contribution is 0.401. The van der Waals surface area contributed by atoms with Crippen LogP contribution in [-0.4, -0.2) is 33.7 Å². The maximum Gasteiger partial charge on any atom is 0.242 e. The van der Waals surface area contributed by atoms with E-state index in [9.17, 15) is 0 Å². The minimum Gasteiger partial charge on any atom is -0.495 e. The van der Waals surface area contributed by atoms with Crippen molar-refractivity contribution in [2.75, 3.05) is 14.2 Å². The largest absolute Gasteiger partial charge is 0.495 e. The average Bonchev–Trinajstić information content (AvgIpc) is 2.82. The predicted octanol–water partition coefficient (Wildman–Crippen LogP) is 3.26. The third kappa shape index (κ3) is 2.30. The predicted molar refractivity (Wildman–Crippen MR) is 84.9 cm³/mol. The Morgan fingerprint density at radius 3 is 2.76 bits per heavy atom. The van der Waals surface area contributed by atoms with Gasteiger partial charge in [0.15, 0.2) is 10.4 Å². The van der Waals surface area contributed by atoms with Crippen molar-refractivity contribution >= 4 is 39.3 Å². The molecule has 6 nitrogen and oxygen atoms in total. The molecule has 0 aliphatic rings. The number of aromatic nitrogens is 4. The van der Waals surface area contributed by atoms with Gasteiger partial charge in [0, 0.05) is 4.47 Å². The first-order valence-electron chi connectivity index (χ1n) is 5.99. The van der Waals surface area contributed by atoms with Crippen LogP contribution in [-0.2, 0) is 0 Å². The second-order valence-electron chi connectivity index (χ2n) is 4.16. The summed E-state index contributed by atoms with van der Waals surface area (Å²) in [6.45, 7) is 0. The van der Waals surface area contributed by atoms with E-state index in [1.54, 1.807) is 18.8 Å². The molecule has 0 atom stereocenters. The van der Waals surface area contributed by atoms with E-state index in [-0.39, 0.29) is 0 Å². The third-order valence-corrected chi connectivity index (χ3v) is 3.79. The summed E-state index contributed by atoms with van der Waals surface area (Å²) in [5.74, 6) is 1.13. The fourth-order valence-electron chi connectivity index (χ4n) is 2.11. The molecule has 0 aliphatic carbocycles. The molecule has 8 heteroatoms. The summed E-state index contributed by atoms with van der Waals surface area (Å²) in [6, 6.07) is 5.67. The number of methoxy groups -OCH3 is 2. The Labute approximate surface area is 133 Å². The van der Waals surface area contributed by atoms with Crippen molar-refractivity contribution in [3.63, 3.8) is 0 Å². The highest BCUT2D eigenvalue weighted by atomic mass is 79.9. The Morgan fingerprint density at radius 1 is 1.24 bits per heavy atom. The second kappa shape index (κ2) is 5.45. The number of hydrogen-bond donors (Lipinski definition) is 1. The summed E-state index contributed by atoms with van der Waals surface area (Å²) < 4.78 is 13.8.